The maximum absolute atomic E-state index is 14.5. The zero-order valence-corrected chi connectivity index (χ0v) is 19.6. The SMILES string of the molecule is CCOc1cc(F)c(CNc2ccccc2C(=[NH2+])c2nc(Cl)cc(C3CCNCC3)n2)c(F)c1. The molecule has 2 aromatic carbocycles. The molecule has 6 nitrogen and oxygen atoms in total. The molecule has 34 heavy (non-hydrogen) atoms. The number of benzene rings is 2. The van der Waals surface area contributed by atoms with E-state index in [0.717, 1.165) is 31.6 Å². The number of anilines is 1. The van der Waals surface area contributed by atoms with E-state index in [-0.39, 0.29) is 23.8 Å². The van der Waals surface area contributed by atoms with Crippen molar-refractivity contribution in [3.8, 4) is 5.75 Å². The lowest BCUT2D eigenvalue weighted by Crippen LogP contribution is -2.42. The Hall–Kier alpha value is -3.10. The smallest absolute Gasteiger partial charge is 0.251 e. The van der Waals surface area contributed by atoms with Gasteiger partial charge in [-0.05, 0) is 51.1 Å². The van der Waals surface area contributed by atoms with Crippen molar-refractivity contribution in [2.75, 3.05) is 25.0 Å². The van der Waals surface area contributed by atoms with Crippen LogP contribution in [0.1, 0.15) is 48.3 Å². The summed E-state index contributed by atoms with van der Waals surface area (Å²) >= 11 is 6.31. The van der Waals surface area contributed by atoms with Gasteiger partial charge in [-0.3, -0.25) is 5.41 Å². The van der Waals surface area contributed by atoms with E-state index in [0.29, 0.717) is 34.5 Å². The van der Waals surface area contributed by atoms with Crippen LogP contribution in [-0.4, -0.2) is 35.4 Å². The van der Waals surface area contributed by atoms with Gasteiger partial charge in [-0.2, -0.15) is 0 Å². The van der Waals surface area contributed by atoms with Gasteiger partial charge in [-0.25, -0.2) is 18.7 Å². The third kappa shape index (κ3) is 5.51. The van der Waals surface area contributed by atoms with Crippen LogP contribution in [0.2, 0.25) is 5.15 Å². The molecule has 0 saturated carbocycles. The molecule has 0 spiro atoms. The monoisotopic (exact) mass is 486 g/mol. The van der Waals surface area contributed by atoms with Gasteiger partial charge in [0, 0.05) is 41.5 Å². The van der Waals surface area contributed by atoms with Crippen LogP contribution in [0, 0.1) is 11.6 Å². The fourth-order valence-electron chi connectivity index (χ4n) is 4.06. The standard InChI is InChI=1S/C25H26ClF2N5O/c1-2-34-16-11-19(27)18(20(28)12-16)14-31-21-6-4-3-5-17(21)24(29)25-32-22(13-23(26)33-25)15-7-9-30-10-8-15/h3-6,11-13,15,29-31H,2,7-10,14H2,1H3/p+1. The van der Waals surface area contributed by atoms with E-state index in [1.807, 2.05) is 12.1 Å². The Labute approximate surface area is 202 Å². The molecule has 0 bridgehead atoms. The molecule has 3 aromatic rings. The summed E-state index contributed by atoms with van der Waals surface area (Å²) in [7, 11) is 0. The summed E-state index contributed by atoms with van der Waals surface area (Å²) in [6.07, 6.45) is 1.92. The molecular weight excluding hydrogens is 460 g/mol. The quantitative estimate of drug-likeness (QED) is 0.335. The second-order valence-electron chi connectivity index (χ2n) is 8.07. The van der Waals surface area contributed by atoms with Crippen molar-refractivity contribution in [1.82, 2.24) is 15.3 Å². The second kappa shape index (κ2) is 10.9. The zero-order valence-electron chi connectivity index (χ0n) is 18.9. The number of hydrogen-bond donors (Lipinski definition) is 3. The van der Waals surface area contributed by atoms with E-state index >= 15 is 0 Å². The number of para-hydroxylation sites is 1. The molecule has 1 aliphatic heterocycles. The summed E-state index contributed by atoms with van der Waals surface area (Å²) in [5.74, 6) is -0.604. The molecule has 1 saturated heterocycles. The highest BCUT2D eigenvalue weighted by Gasteiger charge is 2.23. The van der Waals surface area contributed by atoms with Gasteiger partial charge in [-0.15, -0.1) is 0 Å². The second-order valence-corrected chi connectivity index (χ2v) is 8.46. The number of hydrogen-bond acceptors (Lipinski definition) is 5. The molecule has 1 fully saturated rings. The summed E-state index contributed by atoms with van der Waals surface area (Å²) in [6.45, 7) is 3.84. The molecule has 4 rings (SSSR count). The summed E-state index contributed by atoms with van der Waals surface area (Å²) in [5.41, 5.74) is 2.31. The first-order chi connectivity index (χ1) is 16.5. The van der Waals surface area contributed by atoms with Crippen molar-refractivity contribution in [3.05, 3.63) is 81.9 Å². The summed E-state index contributed by atoms with van der Waals surface area (Å²) in [4.78, 5) is 9.04. The van der Waals surface area contributed by atoms with Gasteiger partial charge in [0.15, 0.2) is 0 Å². The lowest BCUT2D eigenvalue weighted by molar-refractivity contribution is -0.112. The Balaban J connectivity index is 1.57. The number of piperidine rings is 1. The van der Waals surface area contributed by atoms with Crippen molar-refractivity contribution < 1.29 is 18.9 Å². The molecule has 0 aliphatic carbocycles. The number of nitrogens with zero attached hydrogens (tertiary/aromatic N) is 2. The topological polar surface area (TPSA) is 84.7 Å². The molecule has 0 unspecified atom stereocenters. The third-order valence-corrected chi connectivity index (χ3v) is 6.01. The van der Waals surface area contributed by atoms with Crippen molar-refractivity contribution in [2.45, 2.75) is 32.2 Å². The minimum Gasteiger partial charge on any atom is -0.494 e. The molecule has 0 atom stereocenters. The van der Waals surface area contributed by atoms with Crippen LogP contribution in [0.15, 0.2) is 42.5 Å². The average Bonchev–Trinajstić information content (AvgIpc) is 2.84. The van der Waals surface area contributed by atoms with Crippen LogP contribution in [0.3, 0.4) is 0 Å². The summed E-state index contributed by atoms with van der Waals surface area (Å²) in [6, 6.07) is 11.4. The van der Waals surface area contributed by atoms with Crippen molar-refractivity contribution in [2.24, 2.45) is 0 Å². The summed E-state index contributed by atoms with van der Waals surface area (Å²) < 4.78 is 34.2. The van der Waals surface area contributed by atoms with Crippen molar-refractivity contribution in [1.29, 1.82) is 0 Å². The Kier molecular flexibility index (Phi) is 7.70. The van der Waals surface area contributed by atoms with Gasteiger partial charge in [0.05, 0.1) is 12.2 Å². The number of aromatic nitrogens is 2. The Morgan fingerprint density at radius 2 is 1.85 bits per heavy atom. The Bertz CT molecular complexity index is 1160. The molecule has 0 radical (unpaired) electrons. The molecule has 2 heterocycles. The minimum atomic E-state index is -0.685. The fourth-order valence-corrected chi connectivity index (χ4v) is 4.25. The number of halogens is 3. The molecule has 1 aromatic heterocycles. The number of rotatable bonds is 8. The maximum atomic E-state index is 14.5. The van der Waals surface area contributed by atoms with Crippen LogP contribution in [-0.2, 0) is 6.54 Å². The minimum absolute atomic E-state index is 0.0783. The van der Waals surface area contributed by atoms with Gasteiger partial charge in [0.25, 0.3) is 5.71 Å². The molecule has 1 aliphatic rings. The van der Waals surface area contributed by atoms with E-state index in [1.54, 1.807) is 25.1 Å². The highest BCUT2D eigenvalue weighted by Crippen LogP contribution is 2.27. The molecule has 9 heteroatoms. The van der Waals surface area contributed by atoms with Crippen LogP contribution in [0.5, 0.6) is 5.75 Å². The van der Waals surface area contributed by atoms with E-state index in [2.05, 4.69) is 15.6 Å². The number of nitrogens with two attached hydrogens (primary N) is 1. The lowest BCUT2D eigenvalue weighted by atomic mass is 9.94. The van der Waals surface area contributed by atoms with E-state index < -0.39 is 11.6 Å². The molecule has 178 valence electrons. The zero-order chi connectivity index (χ0) is 24.1. The van der Waals surface area contributed by atoms with Gasteiger partial charge < -0.3 is 15.4 Å². The van der Waals surface area contributed by atoms with E-state index in [1.165, 1.54) is 12.1 Å². The van der Waals surface area contributed by atoms with E-state index in [9.17, 15) is 8.78 Å². The summed E-state index contributed by atoms with van der Waals surface area (Å²) in [5, 5.41) is 13.2. The predicted molar refractivity (Wildman–Crippen MR) is 128 cm³/mol. The average molecular weight is 487 g/mol. The first-order valence-electron chi connectivity index (χ1n) is 11.3. The van der Waals surface area contributed by atoms with Crippen LogP contribution in [0.25, 0.3) is 0 Å². The molecular formula is C25H27ClF2N5O+. The third-order valence-electron chi connectivity index (χ3n) is 5.81. The van der Waals surface area contributed by atoms with Gasteiger partial charge in [-0.1, -0.05) is 23.7 Å². The predicted octanol–water partition coefficient (Wildman–Crippen LogP) is 3.48. The van der Waals surface area contributed by atoms with E-state index in [4.69, 9.17) is 26.7 Å². The maximum Gasteiger partial charge on any atom is 0.251 e. The first kappa shape index (κ1) is 24.0. The van der Waals surface area contributed by atoms with Gasteiger partial charge in [0.2, 0.25) is 5.82 Å². The van der Waals surface area contributed by atoms with Crippen LogP contribution in [0.4, 0.5) is 14.5 Å². The molecule has 4 N–H and O–H groups in total. The van der Waals surface area contributed by atoms with Crippen LogP contribution >= 0.6 is 11.6 Å². The Morgan fingerprint density at radius 1 is 1.15 bits per heavy atom. The number of ether oxygens (including phenoxy) is 1. The number of nitrogens with one attached hydrogen (secondary N) is 2. The van der Waals surface area contributed by atoms with Crippen LogP contribution < -0.4 is 20.8 Å². The van der Waals surface area contributed by atoms with Gasteiger partial charge >= 0.3 is 0 Å². The highest BCUT2D eigenvalue weighted by atomic mass is 35.5. The van der Waals surface area contributed by atoms with Crippen molar-refractivity contribution in [3.63, 3.8) is 0 Å². The highest BCUT2D eigenvalue weighted by molar-refractivity contribution is 6.29. The van der Waals surface area contributed by atoms with Gasteiger partial charge in [0.1, 0.15) is 22.5 Å². The largest absolute Gasteiger partial charge is 0.494 e. The lowest BCUT2D eigenvalue weighted by Gasteiger charge is -2.22. The molecule has 0 amide bonds. The first-order valence-corrected chi connectivity index (χ1v) is 11.7. The normalized spacial score (nSPS) is 14.1. The Morgan fingerprint density at radius 3 is 2.56 bits per heavy atom. The van der Waals surface area contributed by atoms with Crippen molar-refractivity contribution >= 4 is 23.0 Å². The fraction of sp³-hybridized carbons (Fsp3) is 0.320.